The molecule has 0 aliphatic heterocycles. The molecule has 2 rings (SSSR count). The Morgan fingerprint density at radius 1 is 1.39 bits per heavy atom. The third kappa shape index (κ3) is 3.76. The predicted molar refractivity (Wildman–Crippen MR) is 82.3 cm³/mol. The van der Waals surface area contributed by atoms with Crippen molar-refractivity contribution in [1.29, 1.82) is 0 Å². The Labute approximate surface area is 116 Å². The molecule has 0 spiro atoms. The molecular weight excluding hydrogens is 238 g/mol. The van der Waals surface area contributed by atoms with Crippen molar-refractivity contribution in [3.8, 4) is 0 Å². The van der Waals surface area contributed by atoms with Crippen LogP contribution in [-0.2, 0) is 6.42 Å². The van der Waals surface area contributed by atoms with Gasteiger partial charge in [-0.1, -0.05) is 31.2 Å². The molecule has 0 amide bonds. The maximum Gasteiger partial charge on any atom is 0.0136 e. The van der Waals surface area contributed by atoms with E-state index in [0.717, 1.165) is 12.2 Å². The number of hydrogen-bond donors (Lipinski definition) is 1. The summed E-state index contributed by atoms with van der Waals surface area (Å²) in [6.45, 7) is 2.23. The average molecular weight is 263 g/mol. The van der Waals surface area contributed by atoms with E-state index in [1.54, 1.807) is 11.1 Å². The molecule has 1 aliphatic carbocycles. The molecule has 0 saturated heterocycles. The van der Waals surface area contributed by atoms with Gasteiger partial charge in [-0.3, -0.25) is 0 Å². The standard InChI is InChI=1S/C16H25NS/c1-2-10-18-12-15(17)11-14-8-5-7-13-6-3-4-9-16(13)14/h3-4,6,9,14-15H,2,5,7-8,10-12,17H2,1H3. The summed E-state index contributed by atoms with van der Waals surface area (Å²) in [5.41, 5.74) is 9.41. The van der Waals surface area contributed by atoms with Crippen LogP contribution in [0.5, 0.6) is 0 Å². The van der Waals surface area contributed by atoms with E-state index in [-0.39, 0.29) is 0 Å². The highest BCUT2D eigenvalue weighted by Gasteiger charge is 2.21. The first kappa shape index (κ1) is 14.0. The summed E-state index contributed by atoms with van der Waals surface area (Å²) < 4.78 is 0. The minimum absolute atomic E-state index is 0.359. The minimum Gasteiger partial charge on any atom is -0.327 e. The molecule has 0 bridgehead atoms. The number of thioether (sulfide) groups is 1. The first-order valence-corrected chi connectivity index (χ1v) is 8.38. The zero-order chi connectivity index (χ0) is 12.8. The Bertz CT molecular complexity index is 364. The van der Waals surface area contributed by atoms with Crippen LogP contribution in [0.3, 0.4) is 0 Å². The summed E-state index contributed by atoms with van der Waals surface area (Å²) in [6, 6.07) is 9.30. The van der Waals surface area contributed by atoms with Gasteiger partial charge in [0.15, 0.2) is 0 Å². The molecule has 2 heteroatoms. The van der Waals surface area contributed by atoms with E-state index >= 15 is 0 Å². The minimum atomic E-state index is 0.359. The summed E-state index contributed by atoms with van der Waals surface area (Å²) in [4.78, 5) is 0. The van der Waals surface area contributed by atoms with Crippen LogP contribution in [0.25, 0.3) is 0 Å². The van der Waals surface area contributed by atoms with Gasteiger partial charge in [0.05, 0.1) is 0 Å². The van der Waals surface area contributed by atoms with Crippen molar-refractivity contribution < 1.29 is 0 Å². The van der Waals surface area contributed by atoms with Gasteiger partial charge in [-0.2, -0.15) is 11.8 Å². The zero-order valence-electron chi connectivity index (χ0n) is 11.4. The van der Waals surface area contributed by atoms with Crippen LogP contribution >= 0.6 is 11.8 Å². The lowest BCUT2D eigenvalue weighted by Crippen LogP contribution is -2.27. The number of nitrogens with two attached hydrogens (primary N) is 1. The Kier molecular flexibility index (Phi) is 5.58. The highest BCUT2D eigenvalue weighted by molar-refractivity contribution is 7.99. The van der Waals surface area contributed by atoms with Crippen molar-refractivity contribution in [2.24, 2.45) is 5.73 Å². The van der Waals surface area contributed by atoms with Crippen LogP contribution < -0.4 is 5.73 Å². The van der Waals surface area contributed by atoms with Crippen LogP contribution in [-0.4, -0.2) is 17.5 Å². The molecule has 2 atom stereocenters. The number of fused-ring (bicyclic) bond motifs is 1. The highest BCUT2D eigenvalue weighted by Crippen LogP contribution is 2.34. The maximum absolute atomic E-state index is 6.28. The Morgan fingerprint density at radius 2 is 2.22 bits per heavy atom. The number of hydrogen-bond acceptors (Lipinski definition) is 2. The maximum atomic E-state index is 6.28. The summed E-state index contributed by atoms with van der Waals surface area (Å²) in [6.07, 6.45) is 6.32. The first-order chi connectivity index (χ1) is 8.81. The van der Waals surface area contributed by atoms with Crippen LogP contribution in [0, 0.1) is 0 Å². The summed E-state index contributed by atoms with van der Waals surface area (Å²) in [5, 5.41) is 0. The Balaban J connectivity index is 1.90. The lowest BCUT2D eigenvalue weighted by molar-refractivity contribution is 0.486. The molecule has 1 aliphatic rings. The SMILES string of the molecule is CCCSCC(N)CC1CCCc2ccccc21. The van der Waals surface area contributed by atoms with Crippen LogP contribution in [0.4, 0.5) is 0 Å². The largest absolute Gasteiger partial charge is 0.327 e. The highest BCUT2D eigenvalue weighted by atomic mass is 32.2. The molecule has 2 unspecified atom stereocenters. The Morgan fingerprint density at radius 3 is 3.06 bits per heavy atom. The predicted octanol–water partition coefficient (Wildman–Crippen LogP) is 3.97. The van der Waals surface area contributed by atoms with E-state index < -0.39 is 0 Å². The molecule has 1 aromatic carbocycles. The topological polar surface area (TPSA) is 26.0 Å². The molecule has 0 fully saturated rings. The second-order valence-electron chi connectivity index (χ2n) is 5.36. The molecule has 18 heavy (non-hydrogen) atoms. The van der Waals surface area contributed by atoms with Gasteiger partial charge in [0.1, 0.15) is 0 Å². The number of rotatable bonds is 6. The summed E-state index contributed by atoms with van der Waals surface area (Å²) in [7, 11) is 0. The lowest BCUT2D eigenvalue weighted by Gasteiger charge is -2.27. The molecule has 0 saturated carbocycles. The molecule has 100 valence electrons. The van der Waals surface area contributed by atoms with Gasteiger partial charge < -0.3 is 5.73 Å². The molecule has 0 heterocycles. The van der Waals surface area contributed by atoms with Crippen molar-refractivity contribution in [2.75, 3.05) is 11.5 Å². The fourth-order valence-corrected chi connectivity index (χ4v) is 3.81. The third-order valence-corrected chi connectivity index (χ3v) is 5.12. The van der Waals surface area contributed by atoms with Gasteiger partial charge in [-0.05, 0) is 54.9 Å². The van der Waals surface area contributed by atoms with Crippen molar-refractivity contribution in [1.82, 2.24) is 0 Å². The smallest absolute Gasteiger partial charge is 0.0136 e. The summed E-state index contributed by atoms with van der Waals surface area (Å²) in [5.74, 6) is 3.06. The van der Waals surface area contributed by atoms with E-state index in [1.165, 1.54) is 31.4 Å². The molecule has 1 nitrogen and oxygen atoms in total. The van der Waals surface area contributed by atoms with Gasteiger partial charge in [0.25, 0.3) is 0 Å². The second-order valence-corrected chi connectivity index (χ2v) is 6.51. The fraction of sp³-hybridized carbons (Fsp3) is 0.625. The first-order valence-electron chi connectivity index (χ1n) is 7.22. The van der Waals surface area contributed by atoms with Gasteiger partial charge in [0, 0.05) is 11.8 Å². The van der Waals surface area contributed by atoms with E-state index in [4.69, 9.17) is 5.73 Å². The lowest BCUT2D eigenvalue weighted by atomic mass is 9.80. The average Bonchev–Trinajstić information content (AvgIpc) is 2.39. The second kappa shape index (κ2) is 7.20. The summed E-state index contributed by atoms with van der Waals surface area (Å²) >= 11 is 2.01. The third-order valence-electron chi connectivity index (χ3n) is 3.76. The monoisotopic (exact) mass is 263 g/mol. The number of benzene rings is 1. The van der Waals surface area contributed by atoms with E-state index in [2.05, 4.69) is 31.2 Å². The van der Waals surface area contributed by atoms with Gasteiger partial charge in [0.2, 0.25) is 0 Å². The van der Waals surface area contributed by atoms with Crippen molar-refractivity contribution >= 4 is 11.8 Å². The van der Waals surface area contributed by atoms with Crippen LogP contribution in [0.2, 0.25) is 0 Å². The van der Waals surface area contributed by atoms with Crippen molar-refractivity contribution in [2.45, 2.75) is 51.0 Å². The quantitative estimate of drug-likeness (QED) is 0.786. The van der Waals surface area contributed by atoms with Crippen molar-refractivity contribution in [3.63, 3.8) is 0 Å². The molecule has 1 aromatic rings. The zero-order valence-corrected chi connectivity index (χ0v) is 12.2. The van der Waals surface area contributed by atoms with E-state index in [0.29, 0.717) is 12.0 Å². The van der Waals surface area contributed by atoms with Crippen LogP contribution in [0.1, 0.15) is 49.7 Å². The van der Waals surface area contributed by atoms with Gasteiger partial charge in [-0.25, -0.2) is 0 Å². The van der Waals surface area contributed by atoms with Gasteiger partial charge >= 0.3 is 0 Å². The van der Waals surface area contributed by atoms with Gasteiger partial charge in [-0.15, -0.1) is 0 Å². The normalized spacial score (nSPS) is 20.4. The molecule has 2 N–H and O–H groups in total. The van der Waals surface area contributed by atoms with Crippen LogP contribution in [0.15, 0.2) is 24.3 Å². The fourth-order valence-electron chi connectivity index (χ4n) is 2.91. The Hall–Kier alpha value is -0.470. The van der Waals surface area contributed by atoms with E-state index in [9.17, 15) is 0 Å². The molecule has 0 aromatic heterocycles. The van der Waals surface area contributed by atoms with Crippen molar-refractivity contribution in [3.05, 3.63) is 35.4 Å². The molecular formula is C16H25NS. The number of aryl methyl sites for hydroxylation is 1. The van der Waals surface area contributed by atoms with E-state index in [1.807, 2.05) is 11.8 Å². The molecule has 0 radical (unpaired) electrons.